The fourth-order valence-corrected chi connectivity index (χ4v) is 3.18. The van der Waals surface area contributed by atoms with Crippen molar-refractivity contribution in [2.24, 2.45) is 11.3 Å². The Morgan fingerprint density at radius 1 is 1.28 bits per heavy atom. The van der Waals surface area contributed by atoms with E-state index >= 15 is 0 Å². The van der Waals surface area contributed by atoms with Crippen molar-refractivity contribution in [2.45, 2.75) is 32.1 Å². The van der Waals surface area contributed by atoms with Crippen LogP contribution < -0.4 is 10.6 Å². The van der Waals surface area contributed by atoms with E-state index < -0.39 is 0 Å². The van der Waals surface area contributed by atoms with E-state index in [0.717, 1.165) is 45.1 Å². The van der Waals surface area contributed by atoms with Crippen LogP contribution in [0, 0.1) is 11.3 Å². The summed E-state index contributed by atoms with van der Waals surface area (Å²) < 4.78 is 0. The summed E-state index contributed by atoms with van der Waals surface area (Å²) in [7, 11) is 0. The molecule has 0 aromatic rings. The number of nitrogens with zero attached hydrogens (tertiary/aromatic N) is 1. The molecule has 0 atom stereocenters. The summed E-state index contributed by atoms with van der Waals surface area (Å²) in [6.07, 6.45) is 6.62. The zero-order chi connectivity index (χ0) is 12.4. The summed E-state index contributed by atoms with van der Waals surface area (Å²) >= 11 is 0. The van der Waals surface area contributed by atoms with Crippen molar-refractivity contribution in [3.63, 3.8) is 0 Å². The molecule has 0 aromatic heterocycles. The van der Waals surface area contributed by atoms with Crippen LogP contribution in [0.4, 0.5) is 0 Å². The van der Waals surface area contributed by atoms with Crippen LogP contribution in [0.2, 0.25) is 0 Å². The van der Waals surface area contributed by atoms with Crippen LogP contribution in [0.5, 0.6) is 0 Å². The number of carbonyl (C=O) groups excluding carboxylic acids is 1. The normalized spacial score (nSPS) is 27.6. The molecule has 0 aromatic carbocycles. The highest BCUT2D eigenvalue weighted by Gasteiger charge is 2.53. The van der Waals surface area contributed by atoms with Crippen LogP contribution >= 0.6 is 0 Å². The third-order valence-corrected chi connectivity index (χ3v) is 4.77. The number of rotatable bonds is 5. The van der Waals surface area contributed by atoms with Gasteiger partial charge >= 0.3 is 0 Å². The van der Waals surface area contributed by atoms with Gasteiger partial charge in [-0.25, -0.2) is 0 Å². The molecule has 2 N–H and O–H groups in total. The second-order valence-electron chi connectivity index (χ2n) is 6.29. The summed E-state index contributed by atoms with van der Waals surface area (Å²) in [5.41, 5.74) is 0.524. The molecule has 0 unspecified atom stereocenters. The highest BCUT2D eigenvalue weighted by atomic mass is 16.2. The molecule has 1 amide bonds. The van der Waals surface area contributed by atoms with Crippen molar-refractivity contribution < 1.29 is 4.79 Å². The first kappa shape index (κ1) is 12.4. The molecule has 2 aliphatic carbocycles. The Hall–Kier alpha value is -0.610. The minimum atomic E-state index is 0.226. The molecule has 18 heavy (non-hydrogen) atoms. The first-order chi connectivity index (χ1) is 8.78. The van der Waals surface area contributed by atoms with E-state index in [4.69, 9.17) is 0 Å². The quantitative estimate of drug-likeness (QED) is 0.751. The van der Waals surface area contributed by atoms with E-state index in [1.807, 2.05) is 0 Å². The number of nitrogens with one attached hydrogen (secondary N) is 2. The predicted octanol–water partition coefficient (Wildman–Crippen LogP) is 0.588. The summed E-state index contributed by atoms with van der Waals surface area (Å²) in [6.45, 7) is 5.67. The maximum absolute atomic E-state index is 12.0. The van der Waals surface area contributed by atoms with Crippen LogP contribution in [-0.2, 0) is 4.79 Å². The van der Waals surface area contributed by atoms with Crippen molar-refractivity contribution >= 4 is 5.91 Å². The van der Waals surface area contributed by atoms with Gasteiger partial charge in [0.25, 0.3) is 0 Å². The Balaban J connectivity index is 1.38. The topological polar surface area (TPSA) is 44.4 Å². The fourth-order valence-electron chi connectivity index (χ4n) is 3.18. The highest BCUT2D eigenvalue weighted by Crippen LogP contribution is 2.60. The summed E-state index contributed by atoms with van der Waals surface area (Å²) in [6, 6.07) is 0. The zero-order valence-electron chi connectivity index (χ0n) is 11.2. The van der Waals surface area contributed by atoms with Crippen LogP contribution in [0.15, 0.2) is 0 Å². The van der Waals surface area contributed by atoms with Crippen LogP contribution in [0.25, 0.3) is 0 Å². The monoisotopic (exact) mass is 251 g/mol. The van der Waals surface area contributed by atoms with E-state index in [9.17, 15) is 4.79 Å². The number of carbonyl (C=O) groups is 1. The molecule has 0 bridgehead atoms. The number of hydrogen-bond donors (Lipinski definition) is 2. The lowest BCUT2D eigenvalue weighted by atomic mass is 10.0. The molecular formula is C14H25N3O. The third kappa shape index (κ3) is 3.04. The standard InChI is InChI=1S/C14H25N3O/c18-13(10-17-8-1-6-15-7-9-17)16-11-14(4-5-14)12-2-3-12/h12,15H,1-11H2,(H,16,18). The van der Waals surface area contributed by atoms with Gasteiger partial charge in [-0.2, -0.15) is 0 Å². The largest absolute Gasteiger partial charge is 0.354 e. The van der Waals surface area contributed by atoms with Gasteiger partial charge in [-0.3, -0.25) is 9.69 Å². The third-order valence-electron chi connectivity index (χ3n) is 4.77. The van der Waals surface area contributed by atoms with Gasteiger partial charge in [0, 0.05) is 19.6 Å². The van der Waals surface area contributed by atoms with Crippen molar-refractivity contribution in [3.8, 4) is 0 Å². The molecule has 3 aliphatic rings. The van der Waals surface area contributed by atoms with Gasteiger partial charge in [-0.15, -0.1) is 0 Å². The van der Waals surface area contributed by atoms with E-state index in [0.29, 0.717) is 12.0 Å². The molecule has 2 saturated carbocycles. The molecular weight excluding hydrogens is 226 g/mol. The molecule has 0 spiro atoms. The van der Waals surface area contributed by atoms with Crippen molar-refractivity contribution in [1.82, 2.24) is 15.5 Å². The maximum Gasteiger partial charge on any atom is 0.234 e. The van der Waals surface area contributed by atoms with Gasteiger partial charge in [0.2, 0.25) is 5.91 Å². The Kier molecular flexibility index (Phi) is 3.57. The lowest BCUT2D eigenvalue weighted by Gasteiger charge is -2.20. The molecule has 4 heteroatoms. The molecule has 0 radical (unpaired) electrons. The van der Waals surface area contributed by atoms with Crippen molar-refractivity contribution in [2.75, 3.05) is 39.3 Å². The molecule has 1 saturated heterocycles. The second-order valence-corrected chi connectivity index (χ2v) is 6.29. The first-order valence-corrected chi connectivity index (χ1v) is 7.48. The van der Waals surface area contributed by atoms with E-state index in [2.05, 4.69) is 15.5 Å². The van der Waals surface area contributed by atoms with Gasteiger partial charge in [0.05, 0.1) is 6.54 Å². The van der Waals surface area contributed by atoms with E-state index in [1.54, 1.807) is 0 Å². The van der Waals surface area contributed by atoms with Gasteiger partial charge in [-0.05, 0) is 56.5 Å². The maximum atomic E-state index is 12.0. The average molecular weight is 251 g/mol. The number of hydrogen-bond acceptors (Lipinski definition) is 3. The highest BCUT2D eigenvalue weighted by molar-refractivity contribution is 5.78. The summed E-state index contributed by atoms with van der Waals surface area (Å²) in [5, 5.41) is 6.54. The van der Waals surface area contributed by atoms with Gasteiger partial charge in [0.15, 0.2) is 0 Å². The Morgan fingerprint density at radius 3 is 2.83 bits per heavy atom. The van der Waals surface area contributed by atoms with Gasteiger partial charge in [0.1, 0.15) is 0 Å². The van der Waals surface area contributed by atoms with Crippen LogP contribution in [-0.4, -0.2) is 50.1 Å². The zero-order valence-corrected chi connectivity index (χ0v) is 11.2. The second kappa shape index (κ2) is 5.17. The molecule has 3 rings (SSSR count). The van der Waals surface area contributed by atoms with E-state index in [-0.39, 0.29) is 5.91 Å². The molecule has 102 valence electrons. The predicted molar refractivity (Wildman–Crippen MR) is 71.3 cm³/mol. The minimum Gasteiger partial charge on any atom is -0.354 e. The van der Waals surface area contributed by atoms with Crippen LogP contribution in [0.3, 0.4) is 0 Å². The SMILES string of the molecule is O=C(CN1CCCNCC1)NCC1(C2CC2)CC1. The summed E-state index contributed by atoms with van der Waals surface area (Å²) in [4.78, 5) is 14.2. The van der Waals surface area contributed by atoms with Gasteiger partial charge in [-0.1, -0.05) is 0 Å². The Labute approximate surface area is 109 Å². The molecule has 3 fully saturated rings. The lowest BCUT2D eigenvalue weighted by molar-refractivity contribution is -0.122. The average Bonchev–Trinajstić information content (AvgIpc) is 3.17. The Morgan fingerprint density at radius 2 is 2.11 bits per heavy atom. The van der Waals surface area contributed by atoms with Crippen molar-refractivity contribution in [1.29, 1.82) is 0 Å². The fraction of sp³-hybridized carbons (Fsp3) is 0.929. The molecule has 4 nitrogen and oxygen atoms in total. The minimum absolute atomic E-state index is 0.226. The van der Waals surface area contributed by atoms with Crippen molar-refractivity contribution in [3.05, 3.63) is 0 Å². The molecule has 1 aliphatic heterocycles. The van der Waals surface area contributed by atoms with Crippen LogP contribution in [0.1, 0.15) is 32.1 Å². The molecule has 1 heterocycles. The van der Waals surface area contributed by atoms with Gasteiger partial charge < -0.3 is 10.6 Å². The smallest absolute Gasteiger partial charge is 0.234 e. The Bertz CT molecular complexity index is 302. The number of amides is 1. The summed E-state index contributed by atoms with van der Waals surface area (Å²) in [5.74, 6) is 1.16. The first-order valence-electron chi connectivity index (χ1n) is 7.48. The van der Waals surface area contributed by atoms with E-state index in [1.165, 1.54) is 25.7 Å². The lowest BCUT2D eigenvalue weighted by Crippen LogP contribution is -2.41.